The van der Waals surface area contributed by atoms with Crippen LogP contribution in [0.3, 0.4) is 0 Å². The van der Waals surface area contributed by atoms with Crippen molar-refractivity contribution >= 4 is 44.6 Å². The Morgan fingerprint density at radius 3 is 2.88 bits per heavy atom. The minimum Gasteiger partial charge on any atom is -0.465 e. The van der Waals surface area contributed by atoms with Crippen LogP contribution in [-0.2, 0) is 4.74 Å². The molecule has 0 aromatic carbocycles. The molecule has 0 unspecified atom stereocenters. The van der Waals surface area contributed by atoms with E-state index in [0.717, 1.165) is 20.1 Å². The molecule has 2 aromatic rings. The highest BCUT2D eigenvalue weighted by atomic mass is 79.9. The molecule has 0 bridgehead atoms. The second kappa shape index (κ2) is 4.65. The van der Waals surface area contributed by atoms with Crippen molar-refractivity contribution in [3.05, 3.63) is 26.5 Å². The molecule has 84 valence electrons. The van der Waals surface area contributed by atoms with Gasteiger partial charge >= 0.3 is 5.97 Å². The predicted octanol–water partition coefficient (Wildman–Crippen LogP) is 3.73. The van der Waals surface area contributed by atoms with Crippen LogP contribution in [0.2, 0.25) is 0 Å². The zero-order valence-corrected chi connectivity index (χ0v) is 11.8. The fraction of sp³-hybridized carbons (Fsp3) is 0.200. The number of thiazole rings is 1. The fourth-order valence-corrected chi connectivity index (χ4v) is 3.68. The highest BCUT2D eigenvalue weighted by molar-refractivity contribution is 9.10. The van der Waals surface area contributed by atoms with Gasteiger partial charge in [0.1, 0.15) is 9.88 Å². The van der Waals surface area contributed by atoms with E-state index in [2.05, 4.69) is 20.9 Å². The Labute approximate surface area is 109 Å². The number of carbonyl (C=O) groups is 1. The Kier molecular flexibility index (Phi) is 3.41. The quantitative estimate of drug-likeness (QED) is 0.792. The Morgan fingerprint density at radius 1 is 1.56 bits per heavy atom. The number of hydrogen-bond donors (Lipinski definition) is 0. The lowest BCUT2D eigenvalue weighted by molar-refractivity contribution is 0.0605. The molecule has 0 aliphatic rings. The maximum atomic E-state index is 11.4. The van der Waals surface area contributed by atoms with Crippen molar-refractivity contribution in [1.29, 1.82) is 0 Å². The summed E-state index contributed by atoms with van der Waals surface area (Å²) in [7, 11) is 1.38. The Morgan fingerprint density at radius 2 is 2.31 bits per heavy atom. The van der Waals surface area contributed by atoms with Gasteiger partial charge in [-0.1, -0.05) is 0 Å². The molecule has 0 amide bonds. The summed E-state index contributed by atoms with van der Waals surface area (Å²) in [6.07, 6.45) is 0. The van der Waals surface area contributed by atoms with Gasteiger partial charge in [0, 0.05) is 9.85 Å². The standard InChI is InChI=1S/C10H8BrNO2S2/c1-5-8(10(13)14-2)16-9(12-5)7-3-6(11)4-15-7/h3-4H,1-2H3. The Bertz CT molecular complexity index is 533. The predicted molar refractivity (Wildman–Crippen MR) is 69.2 cm³/mol. The topological polar surface area (TPSA) is 39.2 Å². The first kappa shape index (κ1) is 11.8. The highest BCUT2D eigenvalue weighted by Crippen LogP contribution is 2.34. The molecule has 0 aliphatic carbocycles. The lowest BCUT2D eigenvalue weighted by Gasteiger charge is -1.93. The van der Waals surface area contributed by atoms with Gasteiger partial charge in [0.2, 0.25) is 0 Å². The number of thiophene rings is 1. The van der Waals surface area contributed by atoms with Crippen LogP contribution in [0.25, 0.3) is 9.88 Å². The van der Waals surface area contributed by atoms with E-state index in [1.807, 2.05) is 18.4 Å². The molecular formula is C10H8BrNO2S2. The third-order valence-electron chi connectivity index (χ3n) is 1.95. The summed E-state index contributed by atoms with van der Waals surface area (Å²) in [4.78, 5) is 17.4. The van der Waals surface area contributed by atoms with E-state index in [9.17, 15) is 4.79 Å². The summed E-state index contributed by atoms with van der Waals surface area (Å²) in [5.41, 5.74) is 0.719. The van der Waals surface area contributed by atoms with Gasteiger partial charge in [-0.05, 0) is 28.9 Å². The Hall–Kier alpha value is -0.720. The summed E-state index contributed by atoms with van der Waals surface area (Å²) in [5, 5.41) is 2.85. The highest BCUT2D eigenvalue weighted by Gasteiger charge is 2.17. The molecule has 2 rings (SSSR count). The van der Waals surface area contributed by atoms with Crippen LogP contribution < -0.4 is 0 Å². The van der Waals surface area contributed by atoms with Crippen molar-refractivity contribution in [1.82, 2.24) is 4.98 Å². The number of carbonyl (C=O) groups excluding carboxylic acids is 1. The van der Waals surface area contributed by atoms with Crippen LogP contribution in [0.5, 0.6) is 0 Å². The van der Waals surface area contributed by atoms with Gasteiger partial charge in [-0.15, -0.1) is 22.7 Å². The van der Waals surface area contributed by atoms with Gasteiger partial charge in [-0.2, -0.15) is 0 Å². The minimum absolute atomic E-state index is 0.322. The monoisotopic (exact) mass is 317 g/mol. The van der Waals surface area contributed by atoms with Gasteiger partial charge < -0.3 is 4.74 Å². The third-order valence-corrected chi connectivity index (χ3v) is 4.94. The second-order valence-corrected chi connectivity index (χ2v) is 5.88. The van der Waals surface area contributed by atoms with Gasteiger partial charge in [0.25, 0.3) is 0 Å². The number of aryl methyl sites for hydroxylation is 1. The molecule has 2 heterocycles. The van der Waals surface area contributed by atoms with E-state index < -0.39 is 0 Å². The van der Waals surface area contributed by atoms with E-state index in [1.165, 1.54) is 18.4 Å². The lowest BCUT2D eigenvalue weighted by atomic mass is 10.4. The molecule has 6 heteroatoms. The molecular weight excluding hydrogens is 310 g/mol. The van der Waals surface area contributed by atoms with Crippen molar-refractivity contribution in [2.45, 2.75) is 6.92 Å². The molecule has 2 aromatic heterocycles. The molecule has 0 radical (unpaired) electrons. The number of nitrogens with zero attached hydrogens (tertiary/aromatic N) is 1. The van der Waals surface area contributed by atoms with Crippen LogP contribution in [-0.4, -0.2) is 18.1 Å². The third kappa shape index (κ3) is 2.18. The normalized spacial score (nSPS) is 10.4. The zero-order valence-electron chi connectivity index (χ0n) is 8.61. The number of halogens is 1. The molecule has 3 nitrogen and oxygen atoms in total. The van der Waals surface area contributed by atoms with E-state index in [-0.39, 0.29) is 5.97 Å². The van der Waals surface area contributed by atoms with Crippen LogP contribution in [0.1, 0.15) is 15.4 Å². The fourth-order valence-electron chi connectivity index (χ4n) is 1.21. The second-order valence-electron chi connectivity index (χ2n) is 3.05. The number of methoxy groups -OCH3 is 1. The molecule has 0 spiro atoms. The SMILES string of the molecule is COC(=O)c1sc(-c2cc(Br)cs2)nc1C. The van der Waals surface area contributed by atoms with Crippen LogP contribution >= 0.6 is 38.6 Å². The zero-order chi connectivity index (χ0) is 11.7. The van der Waals surface area contributed by atoms with Crippen molar-refractivity contribution in [3.63, 3.8) is 0 Å². The van der Waals surface area contributed by atoms with E-state index in [0.29, 0.717) is 4.88 Å². The first-order valence-corrected chi connectivity index (χ1v) is 6.91. The van der Waals surface area contributed by atoms with Crippen molar-refractivity contribution < 1.29 is 9.53 Å². The summed E-state index contributed by atoms with van der Waals surface area (Å²) < 4.78 is 5.72. The van der Waals surface area contributed by atoms with Gasteiger partial charge in [0.15, 0.2) is 0 Å². The van der Waals surface area contributed by atoms with Crippen molar-refractivity contribution in [2.75, 3.05) is 7.11 Å². The van der Waals surface area contributed by atoms with Gasteiger partial charge in [0.05, 0.1) is 17.7 Å². The van der Waals surface area contributed by atoms with Crippen LogP contribution in [0.4, 0.5) is 0 Å². The number of rotatable bonds is 2. The molecule has 0 atom stereocenters. The van der Waals surface area contributed by atoms with Gasteiger partial charge in [-0.25, -0.2) is 9.78 Å². The lowest BCUT2D eigenvalue weighted by Crippen LogP contribution is -1.99. The van der Waals surface area contributed by atoms with Crippen LogP contribution in [0.15, 0.2) is 15.9 Å². The number of ether oxygens (including phenoxy) is 1. The molecule has 0 saturated heterocycles. The van der Waals surface area contributed by atoms with E-state index in [4.69, 9.17) is 4.74 Å². The van der Waals surface area contributed by atoms with Crippen LogP contribution in [0, 0.1) is 6.92 Å². The Balaban J connectivity index is 2.41. The minimum atomic E-state index is -0.322. The molecule has 0 N–H and O–H groups in total. The summed E-state index contributed by atoms with van der Waals surface area (Å²) in [6, 6.07) is 1.99. The molecule has 0 aliphatic heterocycles. The van der Waals surface area contributed by atoms with Crippen molar-refractivity contribution in [2.24, 2.45) is 0 Å². The summed E-state index contributed by atoms with van der Waals surface area (Å²) >= 11 is 6.35. The number of aromatic nitrogens is 1. The first-order chi connectivity index (χ1) is 7.61. The molecule has 0 fully saturated rings. The maximum Gasteiger partial charge on any atom is 0.349 e. The van der Waals surface area contributed by atoms with E-state index >= 15 is 0 Å². The maximum absolute atomic E-state index is 11.4. The largest absolute Gasteiger partial charge is 0.465 e. The van der Waals surface area contributed by atoms with Crippen molar-refractivity contribution in [3.8, 4) is 9.88 Å². The molecule has 0 saturated carbocycles. The number of hydrogen-bond acceptors (Lipinski definition) is 5. The molecule has 16 heavy (non-hydrogen) atoms. The summed E-state index contributed by atoms with van der Waals surface area (Å²) in [5.74, 6) is -0.322. The summed E-state index contributed by atoms with van der Waals surface area (Å²) in [6.45, 7) is 1.81. The first-order valence-electron chi connectivity index (χ1n) is 4.42. The smallest absolute Gasteiger partial charge is 0.349 e. The average Bonchev–Trinajstić information content (AvgIpc) is 2.83. The van der Waals surface area contributed by atoms with Gasteiger partial charge in [-0.3, -0.25) is 0 Å². The number of esters is 1. The average molecular weight is 318 g/mol. The van der Waals surface area contributed by atoms with E-state index in [1.54, 1.807) is 11.3 Å².